The maximum absolute atomic E-state index is 6.32. The first-order chi connectivity index (χ1) is 7.99. The van der Waals surface area contributed by atoms with Gasteiger partial charge in [0.05, 0.1) is 13.3 Å². The van der Waals surface area contributed by atoms with Crippen LogP contribution in [0.3, 0.4) is 0 Å². The molecule has 0 saturated heterocycles. The monoisotopic (exact) mass is 257 g/mol. The second kappa shape index (κ2) is 5.69. The molecule has 96 valence electrons. The van der Waals surface area contributed by atoms with Crippen LogP contribution in [0.5, 0.6) is 5.75 Å². The molecule has 0 aromatic heterocycles. The molecule has 0 heterocycles. The number of hydrogen-bond donors (Lipinski definition) is 3. The Labute approximate surface area is 107 Å². The van der Waals surface area contributed by atoms with Crippen LogP contribution in [-0.4, -0.2) is 14.2 Å². The van der Waals surface area contributed by atoms with E-state index in [1.807, 2.05) is 27.8 Å². The predicted molar refractivity (Wildman–Crippen MR) is 71.3 cm³/mol. The van der Waals surface area contributed by atoms with Gasteiger partial charge in [0.15, 0.2) is 0 Å². The number of rotatable bonds is 4. The third-order valence-electron chi connectivity index (χ3n) is 3.16. The first-order valence-electron chi connectivity index (χ1n) is 5.46. The van der Waals surface area contributed by atoms with Gasteiger partial charge in [-0.05, 0) is 44.5 Å². The van der Waals surface area contributed by atoms with E-state index in [0.717, 1.165) is 33.0 Å². The van der Waals surface area contributed by atoms with Gasteiger partial charge in [0.25, 0.3) is 0 Å². The SMILES string of the molecule is CNC(NN)c1c(C)c(Cl)c(C)c(C)c1OC. The van der Waals surface area contributed by atoms with Gasteiger partial charge >= 0.3 is 0 Å². The van der Waals surface area contributed by atoms with Gasteiger partial charge in [-0.1, -0.05) is 11.6 Å². The summed E-state index contributed by atoms with van der Waals surface area (Å²) >= 11 is 6.32. The molecule has 4 N–H and O–H groups in total. The summed E-state index contributed by atoms with van der Waals surface area (Å²) < 4.78 is 5.48. The number of hydrazine groups is 1. The Morgan fingerprint density at radius 1 is 1.18 bits per heavy atom. The lowest BCUT2D eigenvalue weighted by atomic mass is 9.97. The molecule has 1 aromatic rings. The van der Waals surface area contributed by atoms with Gasteiger partial charge in [0.2, 0.25) is 0 Å². The van der Waals surface area contributed by atoms with E-state index in [4.69, 9.17) is 22.2 Å². The summed E-state index contributed by atoms with van der Waals surface area (Å²) in [4.78, 5) is 0. The van der Waals surface area contributed by atoms with Gasteiger partial charge < -0.3 is 10.1 Å². The van der Waals surface area contributed by atoms with Gasteiger partial charge in [0, 0.05) is 10.6 Å². The lowest BCUT2D eigenvalue weighted by Crippen LogP contribution is -2.37. The molecule has 0 fully saturated rings. The Balaban J connectivity index is 3.56. The Kier molecular flexibility index (Phi) is 4.77. The zero-order valence-electron chi connectivity index (χ0n) is 10.9. The first-order valence-corrected chi connectivity index (χ1v) is 5.83. The summed E-state index contributed by atoms with van der Waals surface area (Å²) in [5, 5.41) is 3.84. The van der Waals surface area contributed by atoms with Crippen LogP contribution < -0.4 is 21.3 Å². The molecular formula is C12H20ClN3O. The highest BCUT2D eigenvalue weighted by Crippen LogP contribution is 2.38. The molecule has 0 spiro atoms. The van der Waals surface area contributed by atoms with Crippen LogP contribution in [0, 0.1) is 20.8 Å². The zero-order chi connectivity index (χ0) is 13.2. The van der Waals surface area contributed by atoms with Crippen molar-refractivity contribution in [3.63, 3.8) is 0 Å². The number of ether oxygens (including phenoxy) is 1. The Morgan fingerprint density at radius 2 is 1.76 bits per heavy atom. The van der Waals surface area contributed by atoms with Crippen molar-refractivity contribution >= 4 is 11.6 Å². The second-order valence-electron chi connectivity index (χ2n) is 4.02. The average Bonchev–Trinajstić information content (AvgIpc) is 2.34. The summed E-state index contributed by atoms with van der Waals surface area (Å²) in [5.74, 6) is 6.36. The standard InChI is InChI=1S/C12H20ClN3O/c1-6-7(2)11(17-5)9(8(3)10(6)13)12(15-4)16-14/h12,15-16H,14H2,1-5H3. The van der Waals surface area contributed by atoms with Crippen LogP contribution in [0.2, 0.25) is 5.02 Å². The number of hydrogen-bond acceptors (Lipinski definition) is 4. The second-order valence-corrected chi connectivity index (χ2v) is 4.40. The average molecular weight is 258 g/mol. The van der Waals surface area contributed by atoms with Crippen molar-refractivity contribution in [1.29, 1.82) is 0 Å². The fourth-order valence-electron chi connectivity index (χ4n) is 2.03. The van der Waals surface area contributed by atoms with E-state index < -0.39 is 0 Å². The summed E-state index contributed by atoms with van der Waals surface area (Å²) in [6.45, 7) is 5.95. The predicted octanol–water partition coefficient (Wildman–Crippen LogP) is 1.96. The van der Waals surface area contributed by atoms with Crippen LogP contribution in [0.25, 0.3) is 0 Å². The highest BCUT2D eigenvalue weighted by Gasteiger charge is 2.22. The number of nitrogens with one attached hydrogen (secondary N) is 2. The molecule has 0 aliphatic rings. The van der Waals surface area contributed by atoms with Crippen LogP contribution in [-0.2, 0) is 0 Å². The van der Waals surface area contributed by atoms with Gasteiger partial charge in [0.1, 0.15) is 5.75 Å². The summed E-state index contributed by atoms with van der Waals surface area (Å²) in [6, 6.07) is 0. The van der Waals surface area contributed by atoms with Crippen molar-refractivity contribution in [3.8, 4) is 5.75 Å². The molecule has 0 radical (unpaired) electrons. The topological polar surface area (TPSA) is 59.3 Å². The van der Waals surface area contributed by atoms with E-state index in [1.165, 1.54) is 0 Å². The summed E-state index contributed by atoms with van der Waals surface area (Å²) in [5.41, 5.74) is 6.71. The smallest absolute Gasteiger partial charge is 0.128 e. The molecule has 0 amide bonds. The number of nitrogens with two attached hydrogens (primary N) is 1. The van der Waals surface area contributed by atoms with Crippen LogP contribution in [0.1, 0.15) is 28.4 Å². The van der Waals surface area contributed by atoms with Crippen molar-refractivity contribution in [2.45, 2.75) is 26.9 Å². The van der Waals surface area contributed by atoms with E-state index in [1.54, 1.807) is 7.11 Å². The molecular weight excluding hydrogens is 238 g/mol. The normalized spacial score (nSPS) is 12.6. The van der Waals surface area contributed by atoms with E-state index in [9.17, 15) is 0 Å². The fourth-order valence-corrected chi connectivity index (χ4v) is 2.27. The summed E-state index contributed by atoms with van der Waals surface area (Å²) in [7, 11) is 3.48. The minimum absolute atomic E-state index is 0.193. The minimum Gasteiger partial charge on any atom is -0.496 e. The third kappa shape index (κ3) is 2.40. The molecule has 0 aliphatic heterocycles. The zero-order valence-corrected chi connectivity index (χ0v) is 11.7. The highest BCUT2D eigenvalue weighted by atomic mass is 35.5. The quantitative estimate of drug-likeness (QED) is 0.438. The third-order valence-corrected chi connectivity index (χ3v) is 3.73. The Hall–Kier alpha value is -0.810. The summed E-state index contributed by atoms with van der Waals surface area (Å²) in [6.07, 6.45) is -0.193. The molecule has 0 aliphatic carbocycles. The van der Waals surface area contributed by atoms with Crippen LogP contribution >= 0.6 is 11.6 Å². The van der Waals surface area contributed by atoms with E-state index in [2.05, 4.69) is 10.7 Å². The van der Waals surface area contributed by atoms with Crippen molar-refractivity contribution in [1.82, 2.24) is 10.7 Å². The van der Waals surface area contributed by atoms with E-state index in [-0.39, 0.29) is 6.17 Å². The number of halogens is 1. The fraction of sp³-hybridized carbons (Fsp3) is 0.500. The molecule has 0 bridgehead atoms. The van der Waals surface area contributed by atoms with Crippen molar-refractivity contribution in [2.75, 3.05) is 14.2 Å². The van der Waals surface area contributed by atoms with E-state index in [0.29, 0.717) is 0 Å². The molecule has 5 heteroatoms. The van der Waals surface area contributed by atoms with Gasteiger partial charge in [-0.3, -0.25) is 5.84 Å². The largest absolute Gasteiger partial charge is 0.496 e. The highest BCUT2D eigenvalue weighted by molar-refractivity contribution is 6.32. The lowest BCUT2D eigenvalue weighted by molar-refractivity contribution is 0.387. The van der Waals surface area contributed by atoms with Crippen LogP contribution in [0.4, 0.5) is 0 Å². The minimum atomic E-state index is -0.193. The first kappa shape index (κ1) is 14.3. The van der Waals surface area contributed by atoms with Crippen molar-refractivity contribution in [3.05, 3.63) is 27.3 Å². The maximum atomic E-state index is 6.32. The van der Waals surface area contributed by atoms with E-state index >= 15 is 0 Å². The molecule has 0 saturated carbocycles. The molecule has 1 rings (SSSR count). The van der Waals surface area contributed by atoms with Crippen molar-refractivity contribution in [2.24, 2.45) is 5.84 Å². The molecule has 1 aromatic carbocycles. The number of benzene rings is 1. The van der Waals surface area contributed by atoms with Gasteiger partial charge in [-0.2, -0.15) is 0 Å². The number of methoxy groups -OCH3 is 1. The molecule has 4 nitrogen and oxygen atoms in total. The molecule has 17 heavy (non-hydrogen) atoms. The Morgan fingerprint density at radius 3 is 2.18 bits per heavy atom. The molecule has 1 atom stereocenters. The lowest BCUT2D eigenvalue weighted by Gasteiger charge is -2.24. The van der Waals surface area contributed by atoms with Crippen LogP contribution in [0.15, 0.2) is 0 Å². The maximum Gasteiger partial charge on any atom is 0.128 e. The van der Waals surface area contributed by atoms with Crippen molar-refractivity contribution < 1.29 is 4.74 Å². The Bertz CT molecular complexity index is 417. The van der Waals surface area contributed by atoms with Gasteiger partial charge in [-0.15, -0.1) is 0 Å². The van der Waals surface area contributed by atoms with Gasteiger partial charge in [-0.25, -0.2) is 5.43 Å². The molecule has 1 unspecified atom stereocenters.